The molecule has 0 saturated carbocycles. The van der Waals surface area contributed by atoms with Crippen LogP contribution in [0.1, 0.15) is 34.6 Å². The fraction of sp³-hybridized carbons (Fsp3) is 0.778. The number of Topliss-reactive ketones (excluding diaryl/α,β-unsaturated/α-hetero) is 1. The minimum absolute atomic E-state index is 0.110. The highest BCUT2D eigenvalue weighted by Gasteiger charge is 2.28. The average molecular weight is 199 g/mol. The van der Waals surface area contributed by atoms with E-state index in [1.54, 1.807) is 27.7 Å². The minimum Gasteiger partial charge on any atom is -0.368 e. The van der Waals surface area contributed by atoms with Gasteiger partial charge in [0.05, 0.1) is 0 Å². The summed E-state index contributed by atoms with van der Waals surface area (Å²) in [5, 5.41) is 7.60. The standard InChI is InChI=1S/C9H17N3O2/c1-6(13)8(2,3)11-12-9(4,5)7(10)14/h1-5H3,(H2,10,14). The van der Waals surface area contributed by atoms with Gasteiger partial charge in [-0.25, -0.2) is 0 Å². The fourth-order valence-corrected chi connectivity index (χ4v) is 0.370. The first-order chi connectivity index (χ1) is 6.09. The number of carbonyl (C=O) groups is 2. The van der Waals surface area contributed by atoms with E-state index in [9.17, 15) is 9.59 Å². The molecule has 0 unspecified atom stereocenters. The molecular formula is C9H17N3O2. The van der Waals surface area contributed by atoms with E-state index in [1.165, 1.54) is 6.92 Å². The van der Waals surface area contributed by atoms with Crippen molar-refractivity contribution >= 4 is 11.7 Å². The summed E-state index contributed by atoms with van der Waals surface area (Å²) in [7, 11) is 0. The van der Waals surface area contributed by atoms with Gasteiger partial charge in [0.15, 0.2) is 11.3 Å². The highest BCUT2D eigenvalue weighted by atomic mass is 16.1. The highest BCUT2D eigenvalue weighted by Crippen LogP contribution is 2.16. The first-order valence-electron chi connectivity index (χ1n) is 4.34. The molecule has 0 aromatic rings. The number of rotatable bonds is 4. The van der Waals surface area contributed by atoms with Gasteiger partial charge in [-0.3, -0.25) is 9.59 Å². The van der Waals surface area contributed by atoms with Crippen molar-refractivity contribution in [2.75, 3.05) is 0 Å². The Kier molecular flexibility index (Phi) is 3.51. The maximum atomic E-state index is 11.1. The van der Waals surface area contributed by atoms with Crippen molar-refractivity contribution in [2.45, 2.75) is 45.7 Å². The van der Waals surface area contributed by atoms with Gasteiger partial charge in [-0.05, 0) is 34.6 Å². The van der Waals surface area contributed by atoms with E-state index in [4.69, 9.17) is 5.73 Å². The Morgan fingerprint density at radius 2 is 1.36 bits per heavy atom. The number of primary amides is 1. The molecule has 0 aliphatic carbocycles. The lowest BCUT2D eigenvalue weighted by Crippen LogP contribution is -2.37. The molecule has 0 spiro atoms. The van der Waals surface area contributed by atoms with Crippen LogP contribution in [0.5, 0.6) is 0 Å². The molecule has 5 nitrogen and oxygen atoms in total. The molecular weight excluding hydrogens is 182 g/mol. The lowest BCUT2D eigenvalue weighted by atomic mass is 10.0. The quantitative estimate of drug-likeness (QED) is 0.687. The summed E-state index contributed by atoms with van der Waals surface area (Å²) >= 11 is 0. The van der Waals surface area contributed by atoms with E-state index in [0.29, 0.717) is 0 Å². The molecule has 2 N–H and O–H groups in total. The van der Waals surface area contributed by atoms with Gasteiger partial charge in [0.1, 0.15) is 5.54 Å². The predicted octanol–water partition coefficient (Wildman–Crippen LogP) is 1.07. The third-order valence-electron chi connectivity index (χ3n) is 2.01. The van der Waals surface area contributed by atoms with Gasteiger partial charge in [0, 0.05) is 0 Å². The van der Waals surface area contributed by atoms with E-state index in [-0.39, 0.29) is 5.78 Å². The SMILES string of the molecule is CC(=O)C(C)(C)N=NC(C)(C)C(N)=O. The number of hydrogen-bond donors (Lipinski definition) is 1. The smallest absolute Gasteiger partial charge is 0.246 e. The van der Waals surface area contributed by atoms with Gasteiger partial charge >= 0.3 is 0 Å². The molecule has 0 aliphatic rings. The Bertz CT molecular complexity index is 252. The van der Waals surface area contributed by atoms with Crippen LogP contribution in [0.15, 0.2) is 10.2 Å². The molecule has 0 rings (SSSR count). The second kappa shape index (κ2) is 3.86. The molecule has 0 atom stereocenters. The molecule has 0 aliphatic heterocycles. The molecule has 14 heavy (non-hydrogen) atoms. The average Bonchev–Trinajstić information content (AvgIpc) is 2.01. The van der Waals surface area contributed by atoms with Gasteiger partial charge in [0.2, 0.25) is 5.91 Å². The number of amides is 1. The summed E-state index contributed by atoms with van der Waals surface area (Å²) in [4.78, 5) is 22.0. The topological polar surface area (TPSA) is 84.9 Å². The number of hydrogen-bond acceptors (Lipinski definition) is 4. The molecule has 0 fully saturated rings. The largest absolute Gasteiger partial charge is 0.368 e. The highest BCUT2D eigenvalue weighted by molar-refractivity contribution is 5.85. The Morgan fingerprint density at radius 1 is 1.00 bits per heavy atom. The van der Waals surface area contributed by atoms with Gasteiger partial charge in [-0.1, -0.05) is 0 Å². The Morgan fingerprint density at radius 3 is 1.64 bits per heavy atom. The van der Waals surface area contributed by atoms with Gasteiger partial charge in [-0.2, -0.15) is 10.2 Å². The fourth-order valence-electron chi connectivity index (χ4n) is 0.370. The Balaban J connectivity index is 4.76. The third-order valence-corrected chi connectivity index (χ3v) is 2.01. The zero-order valence-electron chi connectivity index (χ0n) is 9.29. The van der Waals surface area contributed by atoms with Crippen molar-refractivity contribution in [3.8, 4) is 0 Å². The molecule has 0 aromatic heterocycles. The van der Waals surface area contributed by atoms with Crippen molar-refractivity contribution in [3.63, 3.8) is 0 Å². The zero-order chi connectivity index (χ0) is 11.6. The maximum Gasteiger partial charge on any atom is 0.246 e. The predicted molar refractivity (Wildman–Crippen MR) is 52.9 cm³/mol. The number of nitrogens with zero attached hydrogens (tertiary/aromatic N) is 2. The van der Waals surface area contributed by atoms with Gasteiger partial charge in [-0.15, -0.1) is 0 Å². The number of carbonyl (C=O) groups excluding carboxylic acids is 2. The molecule has 0 saturated heterocycles. The molecule has 0 radical (unpaired) electrons. The molecule has 0 aromatic carbocycles. The van der Waals surface area contributed by atoms with Crippen molar-refractivity contribution < 1.29 is 9.59 Å². The summed E-state index contributed by atoms with van der Waals surface area (Å²) in [6.07, 6.45) is 0. The summed E-state index contributed by atoms with van der Waals surface area (Å²) in [6.45, 7) is 7.80. The summed E-state index contributed by atoms with van der Waals surface area (Å²) in [5.74, 6) is -0.679. The van der Waals surface area contributed by atoms with Gasteiger partial charge in [0.25, 0.3) is 0 Å². The van der Waals surface area contributed by atoms with E-state index in [2.05, 4.69) is 10.2 Å². The van der Waals surface area contributed by atoms with Crippen LogP contribution in [-0.4, -0.2) is 22.8 Å². The van der Waals surface area contributed by atoms with Crippen molar-refractivity contribution in [2.24, 2.45) is 16.0 Å². The zero-order valence-corrected chi connectivity index (χ0v) is 9.29. The van der Waals surface area contributed by atoms with Crippen LogP contribution < -0.4 is 5.73 Å². The Labute approximate surface area is 83.8 Å². The summed E-state index contributed by atoms with van der Waals surface area (Å²) in [6, 6.07) is 0. The van der Waals surface area contributed by atoms with Crippen LogP contribution in [0.3, 0.4) is 0 Å². The molecule has 80 valence electrons. The Hall–Kier alpha value is -1.26. The van der Waals surface area contributed by atoms with Crippen LogP contribution in [0.25, 0.3) is 0 Å². The number of azo groups is 1. The van der Waals surface area contributed by atoms with Crippen LogP contribution in [0.2, 0.25) is 0 Å². The summed E-state index contributed by atoms with van der Waals surface area (Å²) < 4.78 is 0. The van der Waals surface area contributed by atoms with Crippen LogP contribution in [0.4, 0.5) is 0 Å². The van der Waals surface area contributed by atoms with E-state index < -0.39 is 17.0 Å². The molecule has 5 heteroatoms. The summed E-state index contributed by atoms with van der Waals surface area (Å²) in [5.41, 5.74) is 3.14. The normalized spacial score (nSPS) is 13.2. The molecule has 0 bridgehead atoms. The monoisotopic (exact) mass is 199 g/mol. The second-order valence-corrected chi connectivity index (χ2v) is 4.24. The lowest BCUT2D eigenvalue weighted by molar-refractivity contribution is -0.123. The first-order valence-corrected chi connectivity index (χ1v) is 4.34. The van der Waals surface area contributed by atoms with Crippen molar-refractivity contribution in [1.82, 2.24) is 0 Å². The van der Waals surface area contributed by atoms with Gasteiger partial charge < -0.3 is 5.73 Å². The molecule has 1 amide bonds. The van der Waals surface area contributed by atoms with E-state index in [0.717, 1.165) is 0 Å². The number of nitrogens with two attached hydrogens (primary N) is 1. The van der Waals surface area contributed by atoms with Crippen LogP contribution in [-0.2, 0) is 9.59 Å². The number of ketones is 1. The van der Waals surface area contributed by atoms with E-state index >= 15 is 0 Å². The van der Waals surface area contributed by atoms with Crippen LogP contribution in [0, 0.1) is 0 Å². The van der Waals surface area contributed by atoms with E-state index in [1.807, 2.05) is 0 Å². The van der Waals surface area contributed by atoms with Crippen molar-refractivity contribution in [1.29, 1.82) is 0 Å². The van der Waals surface area contributed by atoms with Crippen LogP contribution >= 0.6 is 0 Å². The second-order valence-electron chi connectivity index (χ2n) is 4.24. The maximum absolute atomic E-state index is 11.1. The minimum atomic E-state index is -1.06. The third kappa shape index (κ3) is 3.24. The lowest BCUT2D eigenvalue weighted by Gasteiger charge is -2.18. The molecule has 0 heterocycles. The first kappa shape index (κ1) is 12.7. The van der Waals surface area contributed by atoms with Crippen molar-refractivity contribution in [3.05, 3.63) is 0 Å².